The summed E-state index contributed by atoms with van der Waals surface area (Å²) in [6, 6.07) is 14.8. The lowest BCUT2D eigenvalue weighted by Crippen LogP contribution is -2.12. The molecule has 0 saturated carbocycles. The van der Waals surface area contributed by atoms with Crippen LogP contribution in [-0.4, -0.2) is 0 Å². The third kappa shape index (κ3) is 2.72. The smallest absolute Gasteiger partial charge is 0.0318 e. The summed E-state index contributed by atoms with van der Waals surface area (Å²) in [5.74, 6) is 0. The second-order valence-corrected chi connectivity index (χ2v) is 4.36. The first-order chi connectivity index (χ1) is 8.70. The number of hydrogen-bond acceptors (Lipinski definition) is 2. The maximum atomic E-state index is 6.05. The molecule has 92 valence electrons. The Morgan fingerprint density at radius 3 is 2.67 bits per heavy atom. The topological polar surface area (TPSA) is 38.0 Å². The largest absolute Gasteiger partial charge is 0.400 e. The molecule has 0 aliphatic carbocycles. The number of rotatable bonds is 4. The Labute approximate surface area is 108 Å². The molecule has 2 heteroatoms. The molecule has 0 fully saturated rings. The molecule has 0 atom stereocenters. The van der Waals surface area contributed by atoms with Gasteiger partial charge in [-0.15, -0.1) is 0 Å². The van der Waals surface area contributed by atoms with Gasteiger partial charge in [-0.05, 0) is 29.5 Å². The van der Waals surface area contributed by atoms with E-state index in [2.05, 4.69) is 54.4 Å². The zero-order valence-corrected chi connectivity index (χ0v) is 10.6. The Balaban J connectivity index is 2.27. The van der Waals surface area contributed by atoms with Gasteiger partial charge in [0.1, 0.15) is 0 Å². The molecule has 0 bridgehead atoms. The minimum atomic E-state index is 0.748. The lowest BCUT2D eigenvalue weighted by molar-refractivity contribution is 0.962. The molecule has 0 aliphatic rings. The molecular weight excluding hydrogens is 220 g/mol. The Bertz CT molecular complexity index is 597. The molecule has 0 spiro atoms. The van der Waals surface area contributed by atoms with Crippen LogP contribution in [0.25, 0.3) is 10.8 Å². The van der Waals surface area contributed by atoms with E-state index < -0.39 is 0 Å². The standard InChI is InChI=1S/C16H18N2/c1-3-18-12(2)16(17)11-13-8-9-14-6-4-5-7-15(14)10-13/h3-10,18H,1,11,17H2,2H3/b16-12-. The predicted molar refractivity (Wildman–Crippen MR) is 77.9 cm³/mol. The van der Waals surface area contributed by atoms with Crippen LogP contribution >= 0.6 is 0 Å². The van der Waals surface area contributed by atoms with Gasteiger partial charge in [0.05, 0.1) is 0 Å². The third-order valence-electron chi connectivity index (χ3n) is 3.01. The van der Waals surface area contributed by atoms with Crippen LogP contribution in [0.2, 0.25) is 0 Å². The summed E-state index contributed by atoms with van der Waals surface area (Å²) in [7, 11) is 0. The van der Waals surface area contributed by atoms with Crippen LogP contribution in [0, 0.1) is 0 Å². The normalized spacial score (nSPS) is 12.1. The van der Waals surface area contributed by atoms with E-state index in [9.17, 15) is 0 Å². The van der Waals surface area contributed by atoms with Crippen LogP contribution in [0.4, 0.5) is 0 Å². The quantitative estimate of drug-likeness (QED) is 0.857. The molecule has 0 aromatic heterocycles. The Morgan fingerprint density at radius 2 is 1.94 bits per heavy atom. The zero-order chi connectivity index (χ0) is 13.0. The Hall–Kier alpha value is -2.22. The molecule has 0 unspecified atom stereocenters. The number of benzene rings is 2. The Kier molecular flexibility index (Phi) is 3.68. The van der Waals surface area contributed by atoms with Crippen LogP contribution in [0.15, 0.2) is 66.6 Å². The highest BCUT2D eigenvalue weighted by Crippen LogP contribution is 2.17. The maximum Gasteiger partial charge on any atom is 0.0318 e. The molecule has 3 N–H and O–H groups in total. The number of nitrogens with one attached hydrogen (secondary N) is 1. The van der Waals surface area contributed by atoms with E-state index >= 15 is 0 Å². The van der Waals surface area contributed by atoms with Crippen molar-refractivity contribution in [3.8, 4) is 0 Å². The molecular formula is C16H18N2. The van der Waals surface area contributed by atoms with Crippen molar-refractivity contribution in [2.24, 2.45) is 5.73 Å². The van der Waals surface area contributed by atoms with Crippen molar-refractivity contribution in [2.75, 3.05) is 0 Å². The van der Waals surface area contributed by atoms with E-state index in [4.69, 9.17) is 5.73 Å². The molecule has 0 aliphatic heterocycles. The van der Waals surface area contributed by atoms with E-state index in [0.717, 1.165) is 17.8 Å². The fourth-order valence-electron chi connectivity index (χ4n) is 1.95. The first kappa shape index (κ1) is 12.2. The van der Waals surface area contributed by atoms with Crippen molar-refractivity contribution in [2.45, 2.75) is 13.3 Å². The van der Waals surface area contributed by atoms with Gasteiger partial charge in [-0.25, -0.2) is 0 Å². The first-order valence-electron chi connectivity index (χ1n) is 6.01. The van der Waals surface area contributed by atoms with Gasteiger partial charge in [0, 0.05) is 17.8 Å². The number of fused-ring (bicyclic) bond motifs is 1. The van der Waals surface area contributed by atoms with Crippen LogP contribution in [-0.2, 0) is 6.42 Å². The summed E-state index contributed by atoms with van der Waals surface area (Å²) in [4.78, 5) is 0. The van der Waals surface area contributed by atoms with Crippen molar-refractivity contribution in [1.29, 1.82) is 0 Å². The maximum absolute atomic E-state index is 6.05. The summed E-state index contributed by atoms with van der Waals surface area (Å²) in [6.45, 7) is 5.59. The minimum Gasteiger partial charge on any atom is -0.400 e. The number of nitrogens with two attached hydrogens (primary N) is 1. The molecule has 2 aromatic carbocycles. The summed E-state index contributed by atoms with van der Waals surface area (Å²) in [5.41, 5.74) is 9.06. The average molecular weight is 238 g/mol. The first-order valence-corrected chi connectivity index (χ1v) is 6.01. The monoisotopic (exact) mass is 238 g/mol. The van der Waals surface area contributed by atoms with E-state index in [1.807, 2.05) is 6.92 Å². The second-order valence-electron chi connectivity index (χ2n) is 4.36. The van der Waals surface area contributed by atoms with Crippen LogP contribution in [0.3, 0.4) is 0 Å². The highest BCUT2D eigenvalue weighted by molar-refractivity contribution is 5.83. The molecule has 0 radical (unpaired) electrons. The van der Waals surface area contributed by atoms with Gasteiger partial charge in [-0.3, -0.25) is 0 Å². The van der Waals surface area contributed by atoms with Crippen molar-refractivity contribution >= 4 is 10.8 Å². The van der Waals surface area contributed by atoms with E-state index in [1.165, 1.54) is 16.3 Å². The van der Waals surface area contributed by atoms with Gasteiger partial charge < -0.3 is 11.1 Å². The second kappa shape index (κ2) is 5.41. The molecule has 0 amide bonds. The lowest BCUT2D eigenvalue weighted by Gasteiger charge is -2.08. The number of hydrogen-bond donors (Lipinski definition) is 2. The number of allylic oxidation sites excluding steroid dienone is 2. The van der Waals surface area contributed by atoms with E-state index in [1.54, 1.807) is 6.20 Å². The summed E-state index contributed by atoms with van der Waals surface area (Å²) < 4.78 is 0. The van der Waals surface area contributed by atoms with Crippen molar-refractivity contribution in [3.05, 3.63) is 72.2 Å². The molecule has 0 saturated heterocycles. The van der Waals surface area contributed by atoms with Crippen LogP contribution in [0.1, 0.15) is 12.5 Å². The summed E-state index contributed by atoms with van der Waals surface area (Å²) in [5, 5.41) is 5.52. The van der Waals surface area contributed by atoms with Crippen molar-refractivity contribution in [1.82, 2.24) is 5.32 Å². The SMILES string of the molecule is C=CN/C(C)=C(\N)Cc1ccc2ccccc2c1. The molecule has 2 nitrogen and oxygen atoms in total. The van der Waals surface area contributed by atoms with Crippen LogP contribution in [0.5, 0.6) is 0 Å². The van der Waals surface area contributed by atoms with Gasteiger partial charge >= 0.3 is 0 Å². The summed E-state index contributed by atoms with van der Waals surface area (Å²) >= 11 is 0. The third-order valence-corrected chi connectivity index (χ3v) is 3.01. The van der Waals surface area contributed by atoms with Crippen LogP contribution < -0.4 is 11.1 Å². The highest BCUT2D eigenvalue weighted by Gasteiger charge is 2.00. The molecule has 2 aromatic rings. The molecule has 18 heavy (non-hydrogen) atoms. The molecule has 2 rings (SSSR count). The van der Waals surface area contributed by atoms with E-state index in [0.29, 0.717) is 0 Å². The fourth-order valence-corrected chi connectivity index (χ4v) is 1.95. The van der Waals surface area contributed by atoms with Gasteiger partial charge in [0.2, 0.25) is 0 Å². The van der Waals surface area contributed by atoms with E-state index in [-0.39, 0.29) is 0 Å². The zero-order valence-electron chi connectivity index (χ0n) is 10.6. The van der Waals surface area contributed by atoms with Gasteiger partial charge in [-0.2, -0.15) is 0 Å². The van der Waals surface area contributed by atoms with Gasteiger partial charge in [0.15, 0.2) is 0 Å². The highest BCUT2D eigenvalue weighted by atomic mass is 14.9. The minimum absolute atomic E-state index is 0.748. The molecule has 0 heterocycles. The Morgan fingerprint density at radius 1 is 1.22 bits per heavy atom. The van der Waals surface area contributed by atoms with Crippen molar-refractivity contribution < 1.29 is 0 Å². The summed E-state index contributed by atoms with van der Waals surface area (Å²) in [6.07, 6.45) is 2.39. The average Bonchev–Trinajstić information content (AvgIpc) is 2.39. The van der Waals surface area contributed by atoms with Gasteiger partial charge in [0.25, 0.3) is 0 Å². The lowest BCUT2D eigenvalue weighted by atomic mass is 10.0. The van der Waals surface area contributed by atoms with Crippen molar-refractivity contribution in [3.63, 3.8) is 0 Å². The predicted octanol–water partition coefficient (Wildman–Crippen LogP) is 3.31. The fraction of sp³-hybridized carbons (Fsp3) is 0.125. The van der Waals surface area contributed by atoms with Gasteiger partial charge in [-0.1, -0.05) is 49.0 Å².